The minimum atomic E-state index is -3.87. The number of fused-ring (bicyclic) bond motifs is 3. The second-order valence-electron chi connectivity index (χ2n) is 7.23. The van der Waals surface area contributed by atoms with E-state index in [1.807, 2.05) is 18.2 Å². The summed E-state index contributed by atoms with van der Waals surface area (Å²) in [5, 5.41) is 0. The Morgan fingerprint density at radius 3 is 2.82 bits per heavy atom. The van der Waals surface area contributed by atoms with E-state index < -0.39 is 21.0 Å². The first-order valence-electron chi connectivity index (χ1n) is 9.09. The predicted molar refractivity (Wildman–Crippen MR) is 104 cm³/mol. The molecule has 1 saturated carbocycles. The zero-order valence-electron chi connectivity index (χ0n) is 15.7. The molecule has 148 valence electrons. The molecule has 1 aliphatic heterocycles. The van der Waals surface area contributed by atoms with Gasteiger partial charge in [0.2, 0.25) is 11.2 Å². The van der Waals surface area contributed by atoms with Crippen LogP contribution in [-0.2, 0) is 22.0 Å². The molecule has 1 aromatic carbocycles. The number of aliphatic imine (C=N–C) groups is 1. The molecule has 0 N–H and O–H groups in total. The quantitative estimate of drug-likeness (QED) is 0.712. The highest BCUT2D eigenvalue weighted by Crippen LogP contribution is 2.50. The number of nitrogens with zero attached hydrogens (tertiary/aromatic N) is 1. The summed E-state index contributed by atoms with van der Waals surface area (Å²) in [7, 11) is -2.26. The normalized spacial score (nSPS) is 20.9. The molecule has 0 saturated heterocycles. The Morgan fingerprint density at radius 2 is 2.07 bits per heavy atom. The van der Waals surface area contributed by atoms with Gasteiger partial charge in [0.15, 0.2) is 5.76 Å². The number of hydrogen-bond acceptors (Lipinski definition) is 7. The van der Waals surface area contributed by atoms with E-state index in [4.69, 9.17) is 18.3 Å². The van der Waals surface area contributed by atoms with Crippen LogP contribution in [-0.4, -0.2) is 27.5 Å². The van der Waals surface area contributed by atoms with E-state index in [1.165, 1.54) is 6.26 Å². The van der Waals surface area contributed by atoms with E-state index in [-0.39, 0.29) is 11.5 Å². The summed E-state index contributed by atoms with van der Waals surface area (Å²) in [4.78, 5) is 17.1. The van der Waals surface area contributed by atoms with E-state index in [9.17, 15) is 13.2 Å². The molecule has 1 fully saturated rings. The third kappa shape index (κ3) is 3.22. The molecule has 0 unspecified atom stereocenters. The number of methoxy groups -OCH3 is 1. The zero-order chi connectivity index (χ0) is 19.9. The van der Waals surface area contributed by atoms with Crippen LogP contribution in [0.15, 0.2) is 44.7 Å². The summed E-state index contributed by atoms with van der Waals surface area (Å²) in [6, 6.07) is 6.92. The number of benzene rings is 1. The minimum Gasteiger partial charge on any atom is -0.497 e. The van der Waals surface area contributed by atoms with Crippen molar-refractivity contribution < 1.29 is 21.8 Å². The van der Waals surface area contributed by atoms with E-state index in [2.05, 4.69) is 0 Å². The monoisotopic (exact) mass is 403 g/mol. The van der Waals surface area contributed by atoms with E-state index in [0.717, 1.165) is 60.7 Å². The first-order valence-corrected chi connectivity index (χ1v) is 10.9. The Balaban J connectivity index is 1.84. The lowest BCUT2D eigenvalue weighted by Gasteiger charge is -2.35. The SMILES string of the molecule is COc1ccc2c(c1)[C@]1(Cc3occc(=O)c3OS(C)(=O)=O)CCCCC1=N2. The smallest absolute Gasteiger partial charge is 0.306 e. The Hall–Kier alpha value is -2.61. The van der Waals surface area contributed by atoms with Crippen molar-refractivity contribution in [3.05, 3.63) is 52.1 Å². The lowest BCUT2D eigenvalue weighted by Crippen LogP contribution is -2.38. The number of hydrogen-bond donors (Lipinski definition) is 0. The van der Waals surface area contributed by atoms with E-state index >= 15 is 0 Å². The maximum atomic E-state index is 12.3. The van der Waals surface area contributed by atoms with Gasteiger partial charge in [0.1, 0.15) is 5.75 Å². The van der Waals surface area contributed by atoms with Crippen LogP contribution in [0.4, 0.5) is 5.69 Å². The van der Waals surface area contributed by atoms with Crippen molar-refractivity contribution in [1.29, 1.82) is 0 Å². The molecule has 0 radical (unpaired) electrons. The molecule has 7 nitrogen and oxygen atoms in total. The van der Waals surface area contributed by atoms with Gasteiger partial charge in [-0.05, 0) is 43.0 Å². The third-order valence-electron chi connectivity index (χ3n) is 5.40. The van der Waals surface area contributed by atoms with Gasteiger partial charge in [-0.25, -0.2) is 0 Å². The first kappa shape index (κ1) is 18.7. The van der Waals surface area contributed by atoms with Crippen molar-refractivity contribution in [3.8, 4) is 11.5 Å². The summed E-state index contributed by atoms with van der Waals surface area (Å²) >= 11 is 0. The summed E-state index contributed by atoms with van der Waals surface area (Å²) < 4.78 is 39.3. The highest BCUT2D eigenvalue weighted by atomic mass is 32.2. The van der Waals surface area contributed by atoms with Gasteiger partial charge < -0.3 is 13.3 Å². The van der Waals surface area contributed by atoms with Crippen LogP contribution in [0, 0.1) is 0 Å². The predicted octanol–water partition coefficient (Wildman–Crippen LogP) is 3.13. The molecule has 4 rings (SSSR count). The Morgan fingerprint density at radius 1 is 1.25 bits per heavy atom. The lowest BCUT2D eigenvalue weighted by atomic mass is 9.66. The topological polar surface area (TPSA) is 95.2 Å². The first-order chi connectivity index (χ1) is 13.3. The second kappa shape index (κ2) is 6.77. The standard InChI is InChI=1S/C20H21NO6S/c1-25-13-6-7-15-14(11-13)20(9-4-3-5-18(20)21-15)12-17-19(27-28(2,23)24)16(22)8-10-26-17/h6-8,10-11H,3-5,9,12H2,1-2H3/t20-/m1/s1. The molecule has 0 amide bonds. The van der Waals surface area contributed by atoms with Gasteiger partial charge in [-0.15, -0.1) is 0 Å². The molecule has 2 heterocycles. The fourth-order valence-corrected chi connectivity index (χ4v) is 4.67. The van der Waals surface area contributed by atoms with Crippen LogP contribution < -0.4 is 14.3 Å². The fraction of sp³-hybridized carbons (Fsp3) is 0.400. The van der Waals surface area contributed by atoms with Gasteiger partial charge in [-0.1, -0.05) is 6.42 Å². The van der Waals surface area contributed by atoms with Crippen molar-refractivity contribution in [1.82, 2.24) is 0 Å². The maximum Gasteiger partial charge on any atom is 0.306 e. The molecule has 2 aliphatic rings. The van der Waals surface area contributed by atoms with Gasteiger partial charge in [0.25, 0.3) is 0 Å². The number of rotatable bonds is 5. The van der Waals surface area contributed by atoms with Crippen molar-refractivity contribution in [2.45, 2.75) is 37.5 Å². The average molecular weight is 403 g/mol. The van der Waals surface area contributed by atoms with Gasteiger partial charge in [0, 0.05) is 23.6 Å². The van der Waals surface area contributed by atoms with Crippen molar-refractivity contribution >= 4 is 21.5 Å². The van der Waals surface area contributed by atoms with Gasteiger partial charge in [-0.3, -0.25) is 9.79 Å². The molecule has 1 aliphatic carbocycles. The highest BCUT2D eigenvalue weighted by Gasteiger charge is 2.46. The van der Waals surface area contributed by atoms with Crippen LogP contribution >= 0.6 is 0 Å². The molecule has 2 aromatic rings. The third-order valence-corrected chi connectivity index (χ3v) is 5.87. The minimum absolute atomic E-state index is 0.211. The summed E-state index contributed by atoms with van der Waals surface area (Å²) in [5.41, 5.74) is 1.93. The van der Waals surface area contributed by atoms with Crippen LogP contribution in [0.5, 0.6) is 11.5 Å². The summed E-state index contributed by atoms with van der Waals surface area (Å²) in [6.45, 7) is 0. The maximum absolute atomic E-state index is 12.3. The largest absolute Gasteiger partial charge is 0.497 e. The fourth-order valence-electron chi connectivity index (χ4n) is 4.19. The van der Waals surface area contributed by atoms with Crippen LogP contribution in [0.1, 0.15) is 37.0 Å². The number of ether oxygens (including phenoxy) is 1. The summed E-state index contributed by atoms with van der Waals surface area (Å²) in [6.07, 6.45) is 6.17. The van der Waals surface area contributed by atoms with Crippen molar-refractivity contribution in [3.63, 3.8) is 0 Å². The van der Waals surface area contributed by atoms with Crippen LogP contribution in [0.2, 0.25) is 0 Å². The summed E-state index contributed by atoms with van der Waals surface area (Å²) in [5.74, 6) is 0.658. The van der Waals surface area contributed by atoms with Crippen LogP contribution in [0.25, 0.3) is 0 Å². The Labute approximate surface area is 163 Å². The highest BCUT2D eigenvalue weighted by molar-refractivity contribution is 7.86. The molecule has 1 atom stereocenters. The molecular formula is C20H21NO6S. The Bertz CT molecular complexity index is 1120. The van der Waals surface area contributed by atoms with Crippen molar-refractivity contribution in [2.24, 2.45) is 4.99 Å². The van der Waals surface area contributed by atoms with Gasteiger partial charge in [0.05, 0.1) is 25.3 Å². The molecule has 8 heteroatoms. The second-order valence-corrected chi connectivity index (χ2v) is 8.81. The molecule has 0 spiro atoms. The molecule has 28 heavy (non-hydrogen) atoms. The van der Waals surface area contributed by atoms with Gasteiger partial charge in [-0.2, -0.15) is 8.42 Å². The van der Waals surface area contributed by atoms with Gasteiger partial charge >= 0.3 is 10.1 Å². The zero-order valence-corrected chi connectivity index (χ0v) is 16.5. The average Bonchev–Trinajstić information content (AvgIpc) is 2.97. The molecule has 0 bridgehead atoms. The van der Waals surface area contributed by atoms with Crippen molar-refractivity contribution in [2.75, 3.05) is 13.4 Å². The van der Waals surface area contributed by atoms with Crippen LogP contribution in [0.3, 0.4) is 0 Å². The van der Waals surface area contributed by atoms with E-state index in [1.54, 1.807) is 7.11 Å². The molecule has 1 aromatic heterocycles. The Kier molecular flexibility index (Phi) is 4.53. The van der Waals surface area contributed by atoms with E-state index in [0.29, 0.717) is 6.42 Å². The lowest BCUT2D eigenvalue weighted by molar-refractivity contribution is 0.377. The molecular weight excluding hydrogens is 382 g/mol.